The molecule has 2 atom stereocenters. The normalized spacial score (nSPS) is 13.9. The maximum absolute atomic E-state index is 13.5. The molecule has 106 valence electrons. The number of nitrogens with two attached hydrogens (primary N) is 1. The van der Waals surface area contributed by atoms with Gasteiger partial charge in [0.15, 0.2) is 0 Å². The van der Waals surface area contributed by atoms with E-state index in [4.69, 9.17) is 5.73 Å². The Morgan fingerprint density at radius 1 is 1.42 bits per heavy atom. The molecule has 0 radical (unpaired) electrons. The summed E-state index contributed by atoms with van der Waals surface area (Å²) in [5, 5.41) is 2.66. The van der Waals surface area contributed by atoms with E-state index in [2.05, 4.69) is 5.32 Å². The van der Waals surface area contributed by atoms with Gasteiger partial charge in [0.05, 0.1) is 6.04 Å². The number of benzene rings is 1. The SMILES string of the molecule is CCC(CN)CC(=O)NC(C)c1cc(F)ccc1F. The lowest BCUT2D eigenvalue weighted by atomic mass is 10.0. The van der Waals surface area contributed by atoms with Gasteiger partial charge in [-0.15, -0.1) is 0 Å². The summed E-state index contributed by atoms with van der Waals surface area (Å²) in [4.78, 5) is 11.8. The Bertz CT molecular complexity index is 433. The fraction of sp³-hybridized carbons (Fsp3) is 0.500. The minimum absolute atomic E-state index is 0.115. The minimum atomic E-state index is -0.571. The predicted molar refractivity (Wildman–Crippen MR) is 70.4 cm³/mol. The quantitative estimate of drug-likeness (QED) is 0.834. The van der Waals surface area contributed by atoms with E-state index < -0.39 is 17.7 Å². The zero-order chi connectivity index (χ0) is 14.4. The lowest BCUT2D eigenvalue weighted by molar-refractivity contribution is -0.122. The predicted octanol–water partition coefficient (Wildman–Crippen LogP) is 2.52. The van der Waals surface area contributed by atoms with Crippen molar-refractivity contribution in [3.05, 3.63) is 35.4 Å². The lowest BCUT2D eigenvalue weighted by Crippen LogP contribution is -2.30. The third-order valence-corrected chi connectivity index (χ3v) is 3.19. The van der Waals surface area contributed by atoms with Crippen LogP contribution >= 0.6 is 0 Å². The van der Waals surface area contributed by atoms with Crippen molar-refractivity contribution >= 4 is 5.91 Å². The molecule has 3 nitrogen and oxygen atoms in total. The number of hydrogen-bond acceptors (Lipinski definition) is 2. The van der Waals surface area contributed by atoms with Crippen LogP contribution in [-0.4, -0.2) is 12.5 Å². The molecule has 0 aliphatic rings. The van der Waals surface area contributed by atoms with Gasteiger partial charge in [-0.05, 0) is 37.6 Å². The smallest absolute Gasteiger partial charge is 0.220 e. The highest BCUT2D eigenvalue weighted by molar-refractivity contribution is 5.76. The number of rotatable bonds is 6. The van der Waals surface area contributed by atoms with Gasteiger partial charge in [0.1, 0.15) is 11.6 Å². The fourth-order valence-corrected chi connectivity index (χ4v) is 1.88. The molecule has 19 heavy (non-hydrogen) atoms. The van der Waals surface area contributed by atoms with Gasteiger partial charge in [0.2, 0.25) is 5.91 Å². The van der Waals surface area contributed by atoms with Crippen LogP contribution in [0.2, 0.25) is 0 Å². The van der Waals surface area contributed by atoms with Crippen molar-refractivity contribution in [1.82, 2.24) is 5.32 Å². The summed E-state index contributed by atoms with van der Waals surface area (Å²) in [6.45, 7) is 4.02. The highest BCUT2D eigenvalue weighted by Gasteiger charge is 2.16. The first-order chi connectivity index (χ1) is 8.97. The first kappa shape index (κ1) is 15.6. The molecule has 2 unspecified atom stereocenters. The van der Waals surface area contributed by atoms with Crippen LogP contribution < -0.4 is 11.1 Å². The van der Waals surface area contributed by atoms with Crippen LogP contribution in [0.1, 0.15) is 38.3 Å². The number of hydrogen-bond donors (Lipinski definition) is 2. The van der Waals surface area contributed by atoms with E-state index in [0.717, 1.165) is 24.6 Å². The molecule has 1 amide bonds. The number of carbonyl (C=O) groups excluding carboxylic acids is 1. The molecular formula is C14H20F2N2O. The van der Waals surface area contributed by atoms with Crippen molar-refractivity contribution < 1.29 is 13.6 Å². The largest absolute Gasteiger partial charge is 0.349 e. The van der Waals surface area contributed by atoms with Gasteiger partial charge in [0.25, 0.3) is 0 Å². The van der Waals surface area contributed by atoms with Crippen molar-refractivity contribution in [1.29, 1.82) is 0 Å². The Hall–Kier alpha value is -1.49. The second kappa shape index (κ2) is 7.19. The Balaban J connectivity index is 2.66. The molecule has 0 heterocycles. The monoisotopic (exact) mass is 270 g/mol. The van der Waals surface area contributed by atoms with Gasteiger partial charge in [-0.3, -0.25) is 4.79 Å². The van der Waals surface area contributed by atoms with E-state index in [1.807, 2.05) is 6.92 Å². The number of nitrogens with one attached hydrogen (secondary N) is 1. The Morgan fingerprint density at radius 3 is 2.68 bits per heavy atom. The summed E-state index contributed by atoms with van der Waals surface area (Å²) in [6.07, 6.45) is 1.11. The number of amides is 1. The van der Waals surface area contributed by atoms with Crippen LogP contribution in [0.3, 0.4) is 0 Å². The summed E-state index contributed by atoms with van der Waals surface area (Å²) in [5.41, 5.74) is 5.68. The molecule has 0 fully saturated rings. The van der Waals surface area contributed by atoms with Crippen molar-refractivity contribution in [2.75, 3.05) is 6.54 Å². The second-order valence-corrected chi connectivity index (χ2v) is 4.67. The summed E-state index contributed by atoms with van der Waals surface area (Å²) < 4.78 is 26.6. The molecule has 1 aromatic rings. The van der Waals surface area contributed by atoms with Gasteiger partial charge >= 0.3 is 0 Å². The van der Waals surface area contributed by atoms with Crippen molar-refractivity contribution in [3.63, 3.8) is 0 Å². The molecule has 0 aliphatic heterocycles. The minimum Gasteiger partial charge on any atom is -0.349 e. The summed E-state index contributed by atoms with van der Waals surface area (Å²) >= 11 is 0. The van der Waals surface area contributed by atoms with Gasteiger partial charge in [-0.25, -0.2) is 8.78 Å². The second-order valence-electron chi connectivity index (χ2n) is 4.67. The third-order valence-electron chi connectivity index (χ3n) is 3.19. The molecule has 0 bridgehead atoms. The van der Waals surface area contributed by atoms with Crippen molar-refractivity contribution in [2.45, 2.75) is 32.7 Å². The van der Waals surface area contributed by atoms with Crippen LogP contribution in [-0.2, 0) is 4.79 Å². The van der Waals surface area contributed by atoms with Crippen molar-refractivity contribution in [3.8, 4) is 0 Å². The zero-order valence-electron chi connectivity index (χ0n) is 11.2. The summed E-state index contributed by atoms with van der Waals surface area (Å²) in [6, 6.07) is 2.63. The summed E-state index contributed by atoms with van der Waals surface area (Å²) in [7, 11) is 0. The van der Waals surface area contributed by atoms with Gasteiger partial charge in [0, 0.05) is 12.0 Å². The molecular weight excluding hydrogens is 250 g/mol. The van der Waals surface area contributed by atoms with E-state index in [1.54, 1.807) is 6.92 Å². The molecule has 0 saturated carbocycles. The fourth-order valence-electron chi connectivity index (χ4n) is 1.88. The molecule has 3 N–H and O–H groups in total. The molecule has 1 aromatic carbocycles. The summed E-state index contributed by atoms with van der Waals surface area (Å²) in [5.74, 6) is -1.14. The van der Waals surface area contributed by atoms with E-state index in [1.165, 1.54) is 0 Å². The topological polar surface area (TPSA) is 55.1 Å². The van der Waals surface area contributed by atoms with Gasteiger partial charge < -0.3 is 11.1 Å². The standard InChI is InChI=1S/C14H20F2N2O/c1-3-10(8-17)6-14(19)18-9(2)12-7-11(15)4-5-13(12)16/h4-5,7,9-10H,3,6,8,17H2,1-2H3,(H,18,19). The van der Waals surface area contributed by atoms with Gasteiger partial charge in [-0.1, -0.05) is 13.3 Å². The van der Waals surface area contributed by atoms with Crippen molar-refractivity contribution in [2.24, 2.45) is 11.7 Å². The maximum atomic E-state index is 13.5. The van der Waals surface area contributed by atoms with Crippen LogP contribution in [0.25, 0.3) is 0 Å². The van der Waals surface area contributed by atoms with E-state index >= 15 is 0 Å². The third kappa shape index (κ3) is 4.59. The molecule has 0 saturated heterocycles. The van der Waals surface area contributed by atoms with Crippen LogP contribution in [0.5, 0.6) is 0 Å². The van der Waals surface area contributed by atoms with E-state index in [0.29, 0.717) is 13.0 Å². The average molecular weight is 270 g/mol. The molecule has 0 aliphatic carbocycles. The molecule has 1 rings (SSSR count). The molecule has 0 spiro atoms. The molecule has 5 heteroatoms. The first-order valence-electron chi connectivity index (χ1n) is 6.42. The Morgan fingerprint density at radius 2 is 2.11 bits per heavy atom. The van der Waals surface area contributed by atoms with E-state index in [-0.39, 0.29) is 17.4 Å². The average Bonchev–Trinajstić information content (AvgIpc) is 2.38. The number of carbonyl (C=O) groups is 1. The van der Waals surface area contributed by atoms with Gasteiger partial charge in [-0.2, -0.15) is 0 Å². The molecule has 0 aromatic heterocycles. The Kier molecular flexibility index (Phi) is 5.89. The highest BCUT2D eigenvalue weighted by Crippen LogP contribution is 2.18. The van der Waals surface area contributed by atoms with E-state index in [9.17, 15) is 13.6 Å². The van der Waals surface area contributed by atoms with Crippen LogP contribution in [0.15, 0.2) is 18.2 Å². The first-order valence-corrected chi connectivity index (χ1v) is 6.42. The maximum Gasteiger partial charge on any atom is 0.220 e. The zero-order valence-corrected chi connectivity index (χ0v) is 11.2. The lowest BCUT2D eigenvalue weighted by Gasteiger charge is -2.17. The van der Waals surface area contributed by atoms with Crippen LogP contribution in [0, 0.1) is 17.6 Å². The Labute approximate surface area is 112 Å². The van der Waals surface area contributed by atoms with Crippen LogP contribution in [0.4, 0.5) is 8.78 Å². The number of halogens is 2. The highest BCUT2D eigenvalue weighted by atomic mass is 19.1.